The number of H-pyrrole nitrogens is 1. The Morgan fingerprint density at radius 3 is 2.82 bits per heavy atom. The molecule has 3 amide bonds. The van der Waals surface area contributed by atoms with Crippen LogP contribution in [0.1, 0.15) is 16.1 Å². The van der Waals surface area contributed by atoms with Crippen LogP contribution in [0.2, 0.25) is 5.02 Å². The first-order valence-electron chi connectivity index (χ1n) is 10.1. The van der Waals surface area contributed by atoms with Gasteiger partial charge in [-0.2, -0.15) is 10.2 Å². The maximum atomic E-state index is 14.5. The van der Waals surface area contributed by atoms with Crippen molar-refractivity contribution in [3.63, 3.8) is 0 Å². The zero-order valence-electron chi connectivity index (χ0n) is 17.5. The molecule has 1 aliphatic rings. The quantitative estimate of drug-likeness (QED) is 0.386. The Hall–Kier alpha value is -4.43. The van der Waals surface area contributed by atoms with Gasteiger partial charge in [-0.15, -0.1) is 0 Å². The van der Waals surface area contributed by atoms with Crippen LogP contribution in [0.5, 0.6) is 0 Å². The molecule has 12 heteroatoms. The van der Waals surface area contributed by atoms with E-state index in [9.17, 15) is 14.0 Å². The molecule has 2 aromatic heterocycles. The molecule has 0 unspecified atom stereocenters. The Morgan fingerprint density at radius 2 is 2.09 bits per heavy atom. The van der Waals surface area contributed by atoms with Gasteiger partial charge in [0, 0.05) is 22.8 Å². The van der Waals surface area contributed by atoms with E-state index < -0.39 is 17.8 Å². The lowest BCUT2D eigenvalue weighted by molar-refractivity contribution is 0.0997. The van der Waals surface area contributed by atoms with Crippen molar-refractivity contribution in [3.8, 4) is 11.3 Å². The number of rotatable bonds is 3. The van der Waals surface area contributed by atoms with Crippen molar-refractivity contribution in [2.45, 2.75) is 13.1 Å². The first-order chi connectivity index (χ1) is 16.4. The van der Waals surface area contributed by atoms with E-state index in [0.717, 1.165) is 0 Å². The molecule has 0 atom stereocenters. The van der Waals surface area contributed by atoms with Gasteiger partial charge in [-0.05, 0) is 24.3 Å². The molecule has 34 heavy (non-hydrogen) atoms. The van der Waals surface area contributed by atoms with Crippen molar-refractivity contribution in [3.05, 3.63) is 70.0 Å². The Bertz CT molecular complexity index is 1520. The monoisotopic (exact) mass is 478 g/mol. The fraction of sp³-hybridized carbons (Fsp3) is 0.136. The van der Waals surface area contributed by atoms with Gasteiger partial charge in [0.2, 0.25) is 5.69 Å². The zero-order chi connectivity index (χ0) is 24.0. The van der Waals surface area contributed by atoms with E-state index in [1.165, 1.54) is 29.3 Å². The van der Waals surface area contributed by atoms with Crippen LogP contribution in [-0.4, -0.2) is 43.4 Å². The van der Waals surface area contributed by atoms with Crippen LogP contribution in [0.3, 0.4) is 0 Å². The number of hydrogen-bond donors (Lipinski definition) is 3. The molecule has 4 aromatic rings. The molecule has 0 saturated heterocycles. The molecule has 10 nitrogen and oxygen atoms in total. The van der Waals surface area contributed by atoms with Crippen LogP contribution >= 0.6 is 11.6 Å². The van der Waals surface area contributed by atoms with Gasteiger partial charge in [-0.1, -0.05) is 17.7 Å². The summed E-state index contributed by atoms with van der Waals surface area (Å²) in [6, 6.07) is 7.10. The number of benzene rings is 2. The van der Waals surface area contributed by atoms with E-state index in [2.05, 4.69) is 25.5 Å². The number of carbonyl (C=O) groups excluding carboxylic acids is 2. The Kier molecular flexibility index (Phi) is 5.14. The largest absolute Gasteiger partial charge is 0.365 e. The van der Waals surface area contributed by atoms with E-state index in [0.29, 0.717) is 40.9 Å². The van der Waals surface area contributed by atoms with Crippen molar-refractivity contribution in [1.29, 1.82) is 0 Å². The summed E-state index contributed by atoms with van der Waals surface area (Å²) < 4.78 is 16.1. The van der Waals surface area contributed by atoms with E-state index in [1.807, 2.05) is 0 Å². The lowest BCUT2D eigenvalue weighted by Gasteiger charge is -2.28. The van der Waals surface area contributed by atoms with Gasteiger partial charge in [0.05, 0.1) is 48.0 Å². The third kappa shape index (κ3) is 3.60. The van der Waals surface area contributed by atoms with Crippen molar-refractivity contribution in [1.82, 2.24) is 24.9 Å². The van der Waals surface area contributed by atoms with Crippen molar-refractivity contribution in [2.24, 2.45) is 5.73 Å². The number of halogens is 2. The molecule has 0 aliphatic carbocycles. The summed E-state index contributed by atoms with van der Waals surface area (Å²) in [4.78, 5) is 30.0. The van der Waals surface area contributed by atoms with Crippen molar-refractivity contribution < 1.29 is 14.0 Å². The summed E-state index contributed by atoms with van der Waals surface area (Å²) in [6.45, 7) is 7.76. The van der Waals surface area contributed by atoms with Gasteiger partial charge in [0.15, 0.2) is 0 Å². The van der Waals surface area contributed by atoms with E-state index in [-0.39, 0.29) is 28.5 Å². The van der Waals surface area contributed by atoms with Crippen molar-refractivity contribution >= 4 is 45.8 Å². The number of primary amides is 1. The van der Waals surface area contributed by atoms with Crippen LogP contribution in [0.4, 0.5) is 20.6 Å². The standard InChI is InChI=1S/C22H16ClFN8O2/c1-26-16-3-2-12(8-14(16)23)28-22(34)31-4-5-32-18(10-31)19(21(25)33)20(30-32)11-6-15(24)13-9-27-29-17(13)7-11/h2-3,6-9H,4-5,10H2,(H2,25,33)(H,27,29)(H,28,34). The molecule has 0 bridgehead atoms. The highest BCUT2D eigenvalue weighted by Gasteiger charge is 2.30. The van der Waals surface area contributed by atoms with Crippen LogP contribution in [0.25, 0.3) is 27.0 Å². The third-order valence-electron chi connectivity index (χ3n) is 5.61. The van der Waals surface area contributed by atoms with Crippen molar-refractivity contribution in [2.75, 3.05) is 11.9 Å². The summed E-state index contributed by atoms with van der Waals surface area (Å²) in [5.41, 5.74) is 8.04. The molecule has 3 heterocycles. The summed E-state index contributed by atoms with van der Waals surface area (Å²) in [5.74, 6) is -1.24. The van der Waals surface area contributed by atoms with Crippen LogP contribution in [0, 0.1) is 12.4 Å². The van der Waals surface area contributed by atoms with E-state index >= 15 is 0 Å². The number of nitrogens with two attached hydrogens (primary N) is 1. The minimum atomic E-state index is -0.731. The van der Waals surface area contributed by atoms with Gasteiger partial charge in [-0.3, -0.25) is 14.6 Å². The van der Waals surface area contributed by atoms with Crippen LogP contribution in [-0.2, 0) is 13.1 Å². The predicted molar refractivity (Wildman–Crippen MR) is 123 cm³/mol. The average molecular weight is 479 g/mol. The number of aromatic nitrogens is 4. The predicted octanol–water partition coefficient (Wildman–Crippen LogP) is 3.92. The molecule has 5 rings (SSSR count). The average Bonchev–Trinajstić information content (AvgIpc) is 3.43. The normalized spacial score (nSPS) is 12.9. The summed E-state index contributed by atoms with van der Waals surface area (Å²) >= 11 is 6.05. The second kappa shape index (κ2) is 8.17. The molecule has 4 N–H and O–H groups in total. The number of urea groups is 1. The van der Waals surface area contributed by atoms with Gasteiger partial charge in [0.25, 0.3) is 5.91 Å². The maximum Gasteiger partial charge on any atom is 0.322 e. The molecule has 170 valence electrons. The zero-order valence-corrected chi connectivity index (χ0v) is 18.2. The lowest BCUT2D eigenvalue weighted by Crippen LogP contribution is -2.41. The number of amides is 3. The smallest absolute Gasteiger partial charge is 0.322 e. The van der Waals surface area contributed by atoms with E-state index in [1.54, 1.807) is 16.8 Å². The minimum absolute atomic E-state index is 0.0692. The maximum absolute atomic E-state index is 14.5. The number of fused-ring (bicyclic) bond motifs is 2. The number of anilines is 1. The Labute approximate surface area is 196 Å². The Morgan fingerprint density at radius 1 is 1.26 bits per heavy atom. The fourth-order valence-electron chi connectivity index (χ4n) is 3.97. The SMILES string of the molecule is [C-]#[N+]c1ccc(NC(=O)N2CCn3nc(-c4cc(F)c5cn[nH]c5c4)c(C(N)=O)c3C2)cc1Cl. The molecule has 0 radical (unpaired) electrons. The number of nitrogens with zero attached hydrogens (tertiary/aromatic N) is 5. The molecular weight excluding hydrogens is 463 g/mol. The molecule has 2 aromatic carbocycles. The Balaban J connectivity index is 1.46. The fourth-order valence-corrected chi connectivity index (χ4v) is 4.20. The highest BCUT2D eigenvalue weighted by Crippen LogP contribution is 2.32. The molecule has 0 fully saturated rings. The second-order valence-electron chi connectivity index (χ2n) is 7.68. The van der Waals surface area contributed by atoms with Crippen LogP contribution in [0.15, 0.2) is 36.5 Å². The molecule has 0 spiro atoms. The first-order valence-corrected chi connectivity index (χ1v) is 10.5. The van der Waals surface area contributed by atoms with Gasteiger partial charge >= 0.3 is 6.03 Å². The van der Waals surface area contributed by atoms with Gasteiger partial charge < -0.3 is 16.0 Å². The van der Waals surface area contributed by atoms with E-state index in [4.69, 9.17) is 23.9 Å². The van der Waals surface area contributed by atoms with Gasteiger partial charge in [-0.25, -0.2) is 14.0 Å². The number of carbonyl (C=O) groups is 2. The third-order valence-corrected chi connectivity index (χ3v) is 5.92. The molecule has 0 saturated carbocycles. The molecule has 1 aliphatic heterocycles. The summed E-state index contributed by atoms with van der Waals surface area (Å²) in [5, 5.41) is 14.3. The van der Waals surface area contributed by atoms with Gasteiger partial charge in [0.1, 0.15) is 11.5 Å². The second-order valence-corrected chi connectivity index (χ2v) is 8.08. The topological polar surface area (TPSA) is 126 Å². The summed E-state index contributed by atoms with van der Waals surface area (Å²) in [7, 11) is 0. The van der Waals surface area contributed by atoms with Crippen LogP contribution < -0.4 is 11.1 Å². The highest BCUT2D eigenvalue weighted by molar-refractivity contribution is 6.33. The molecular formula is C22H16ClFN8O2. The summed E-state index contributed by atoms with van der Waals surface area (Å²) in [6.07, 6.45) is 1.38. The number of aromatic amines is 1. The highest BCUT2D eigenvalue weighted by atomic mass is 35.5. The number of nitrogens with one attached hydrogen (secondary N) is 2. The number of hydrogen-bond acceptors (Lipinski definition) is 4. The lowest BCUT2D eigenvalue weighted by atomic mass is 10.0. The first kappa shape index (κ1) is 21.4. The minimum Gasteiger partial charge on any atom is -0.365 e.